The predicted octanol–water partition coefficient (Wildman–Crippen LogP) is 1.07. The first-order chi connectivity index (χ1) is 14.5. The monoisotopic (exact) mass is 410 g/mol. The van der Waals surface area contributed by atoms with Gasteiger partial charge < -0.3 is 19.4 Å². The lowest BCUT2D eigenvalue weighted by molar-refractivity contribution is -0.142. The highest BCUT2D eigenvalue weighted by atomic mass is 16.5. The van der Waals surface area contributed by atoms with Crippen LogP contribution in [0.25, 0.3) is 11.4 Å². The SMILES string of the molecule is CN(C)c1ncc(C(=O)N2CCN(C(=O)C3CCCO3)CC2)c(-c2ccccn2)n1. The third kappa shape index (κ3) is 4.11. The summed E-state index contributed by atoms with van der Waals surface area (Å²) < 4.78 is 5.51. The summed E-state index contributed by atoms with van der Waals surface area (Å²) in [5.41, 5.74) is 1.55. The highest BCUT2D eigenvalue weighted by Crippen LogP contribution is 2.23. The molecule has 158 valence electrons. The summed E-state index contributed by atoms with van der Waals surface area (Å²) in [5.74, 6) is 0.400. The van der Waals surface area contributed by atoms with Crippen molar-refractivity contribution in [3.05, 3.63) is 36.2 Å². The van der Waals surface area contributed by atoms with Gasteiger partial charge >= 0.3 is 0 Å². The van der Waals surface area contributed by atoms with Gasteiger partial charge in [-0.1, -0.05) is 6.07 Å². The predicted molar refractivity (Wildman–Crippen MR) is 111 cm³/mol. The van der Waals surface area contributed by atoms with Gasteiger partial charge in [-0.3, -0.25) is 14.6 Å². The van der Waals surface area contributed by atoms with Gasteiger partial charge in [-0.2, -0.15) is 0 Å². The molecular formula is C21H26N6O3. The first-order valence-electron chi connectivity index (χ1n) is 10.2. The van der Waals surface area contributed by atoms with Gasteiger partial charge in [-0.05, 0) is 25.0 Å². The second-order valence-corrected chi connectivity index (χ2v) is 7.66. The Balaban J connectivity index is 1.51. The topological polar surface area (TPSA) is 91.8 Å². The fourth-order valence-electron chi connectivity index (χ4n) is 3.72. The number of hydrogen-bond acceptors (Lipinski definition) is 7. The maximum atomic E-state index is 13.3. The van der Waals surface area contributed by atoms with Crippen molar-refractivity contribution in [2.24, 2.45) is 0 Å². The van der Waals surface area contributed by atoms with Crippen LogP contribution in [0.3, 0.4) is 0 Å². The van der Waals surface area contributed by atoms with E-state index in [2.05, 4.69) is 15.0 Å². The van der Waals surface area contributed by atoms with Crippen molar-refractivity contribution in [3.63, 3.8) is 0 Å². The van der Waals surface area contributed by atoms with Gasteiger partial charge in [0.25, 0.3) is 11.8 Å². The number of hydrogen-bond donors (Lipinski definition) is 0. The molecule has 2 saturated heterocycles. The lowest BCUT2D eigenvalue weighted by atomic mass is 10.1. The molecule has 9 heteroatoms. The van der Waals surface area contributed by atoms with E-state index >= 15 is 0 Å². The molecule has 30 heavy (non-hydrogen) atoms. The number of ether oxygens (including phenoxy) is 1. The molecule has 2 aromatic rings. The van der Waals surface area contributed by atoms with Gasteiger partial charge in [-0.15, -0.1) is 0 Å². The fourth-order valence-corrected chi connectivity index (χ4v) is 3.72. The Morgan fingerprint density at radius 2 is 1.87 bits per heavy atom. The van der Waals surface area contributed by atoms with Crippen molar-refractivity contribution in [3.8, 4) is 11.4 Å². The fraction of sp³-hybridized carbons (Fsp3) is 0.476. The van der Waals surface area contributed by atoms with Crippen LogP contribution >= 0.6 is 0 Å². The molecule has 2 aliphatic rings. The van der Waals surface area contributed by atoms with Crippen LogP contribution in [0.2, 0.25) is 0 Å². The van der Waals surface area contributed by atoms with Gasteiger partial charge in [0.1, 0.15) is 11.8 Å². The second-order valence-electron chi connectivity index (χ2n) is 7.66. The number of carbonyl (C=O) groups excluding carboxylic acids is 2. The van der Waals surface area contributed by atoms with Crippen LogP contribution in [0, 0.1) is 0 Å². The number of carbonyl (C=O) groups is 2. The average Bonchev–Trinajstić information content (AvgIpc) is 3.33. The zero-order chi connectivity index (χ0) is 21.1. The molecule has 2 fully saturated rings. The maximum absolute atomic E-state index is 13.3. The number of amides is 2. The van der Waals surface area contributed by atoms with E-state index < -0.39 is 0 Å². The molecule has 0 aromatic carbocycles. The van der Waals surface area contributed by atoms with Gasteiger partial charge in [-0.25, -0.2) is 9.97 Å². The van der Waals surface area contributed by atoms with E-state index in [9.17, 15) is 9.59 Å². The number of aromatic nitrogens is 3. The molecule has 0 aliphatic carbocycles. The lowest BCUT2D eigenvalue weighted by Gasteiger charge is -2.36. The van der Waals surface area contributed by atoms with E-state index in [1.165, 1.54) is 0 Å². The van der Waals surface area contributed by atoms with Crippen LogP contribution in [-0.4, -0.2) is 89.6 Å². The Hall–Kier alpha value is -3.07. The van der Waals surface area contributed by atoms with Crippen molar-refractivity contribution in [2.75, 3.05) is 51.8 Å². The Bertz CT molecular complexity index is 906. The van der Waals surface area contributed by atoms with Crippen molar-refractivity contribution in [2.45, 2.75) is 18.9 Å². The largest absolute Gasteiger partial charge is 0.368 e. The van der Waals surface area contributed by atoms with Crippen LogP contribution in [-0.2, 0) is 9.53 Å². The third-order valence-corrected chi connectivity index (χ3v) is 5.40. The van der Waals surface area contributed by atoms with E-state index in [-0.39, 0.29) is 17.9 Å². The standard InChI is InChI=1S/C21H26N6O3/c1-25(2)21-23-14-15(18(24-21)16-6-3-4-8-22-16)19(28)26-9-11-27(12-10-26)20(29)17-7-5-13-30-17/h3-4,6,8,14,17H,5,7,9-13H2,1-2H3. The lowest BCUT2D eigenvalue weighted by Crippen LogP contribution is -2.52. The molecule has 0 N–H and O–H groups in total. The zero-order valence-corrected chi connectivity index (χ0v) is 17.3. The minimum absolute atomic E-state index is 0.0347. The minimum atomic E-state index is -0.324. The molecule has 4 rings (SSSR count). The van der Waals surface area contributed by atoms with Crippen LogP contribution in [0.1, 0.15) is 23.2 Å². The Kier molecular flexibility index (Phi) is 5.89. The molecule has 9 nitrogen and oxygen atoms in total. The molecule has 0 saturated carbocycles. The smallest absolute Gasteiger partial charge is 0.257 e. The van der Waals surface area contributed by atoms with Crippen LogP contribution in [0.4, 0.5) is 5.95 Å². The van der Waals surface area contributed by atoms with Gasteiger partial charge in [0.2, 0.25) is 5.95 Å². The van der Waals surface area contributed by atoms with E-state index in [0.717, 1.165) is 12.8 Å². The Labute approximate surface area is 175 Å². The molecule has 1 unspecified atom stereocenters. The Morgan fingerprint density at radius 3 is 2.50 bits per heavy atom. The molecule has 4 heterocycles. The van der Waals surface area contributed by atoms with E-state index in [1.54, 1.807) is 27.1 Å². The highest BCUT2D eigenvalue weighted by molar-refractivity contribution is 5.99. The van der Waals surface area contributed by atoms with Crippen LogP contribution in [0.5, 0.6) is 0 Å². The second kappa shape index (κ2) is 8.74. The number of piperazine rings is 1. The molecular weight excluding hydrogens is 384 g/mol. The average molecular weight is 410 g/mol. The highest BCUT2D eigenvalue weighted by Gasteiger charge is 2.32. The number of anilines is 1. The van der Waals surface area contributed by atoms with Crippen molar-refractivity contribution >= 4 is 17.8 Å². The molecule has 2 aliphatic heterocycles. The quantitative estimate of drug-likeness (QED) is 0.744. The summed E-state index contributed by atoms with van der Waals surface area (Å²) in [4.78, 5) is 44.5. The number of nitrogens with zero attached hydrogens (tertiary/aromatic N) is 6. The zero-order valence-electron chi connectivity index (χ0n) is 17.3. The van der Waals surface area contributed by atoms with Crippen LogP contribution in [0.15, 0.2) is 30.6 Å². The maximum Gasteiger partial charge on any atom is 0.257 e. The summed E-state index contributed by atoms with van der Waals surface area (Å²) in [6.07, 6.45) is 4.62. The molecule has 2 aromatic heterocycles. The normalized spacial score (nSPS) is 19.1. The van der Waals surface area contributed by atoms with E-state index in [0.29, 0.717) is 55.7 Å². The summed E-state index contributed by atoms with van der Waals surface area (Å²) in [6, 6.07) is 5.52. The van der Waals surface area contributed by atoms with E-state index in [1.807, 2.05) is 32.3 Å². The van der Waals surface area contributed by atoms with Gasteiger partial charge in [0.05, 0.1) is 11.3 Å². The molecule has 0 radical (unpaired) electrons. The summed E-state index contributed by atoms with van der Waals surface area (Å²) in [7, 11) is 3.70. The van der Waals surface area contributed by atoms with Crippen molar-refractivity contribution in [1.29, 1.82) is 0 Å². The number of rotatable bonds is 4. The van der Waals surface area contributed by atoms with E-state index in [4.69, 9.17) is 4.74 Å². The molecule has 2 amide bonds. The number of pyridine rings is 1. The molecule has 1 atom stereocenters. The summed E-state index contributed by atoms with van der Waals surface area (Å²) >= 11 is 0. The van der Waals surface area contributed by atoms with Gasteiger partial charge in [0, 0.05) is 59.3 Å². The summed E-state index contributed by atoms with van der Waals surface area (Å²) in [6.45, 7) is 2.58. The minimum Gasteiger partial charge on any atom is -0.368 e. The summed E-state index contributed by atoms with van der Waals surface area (Å²) in [5, 5.41) is 0. The van der Waals surface area contributed by atoms with Gasteiger partial charge in [0.15, 0.2) is 0 Å². The first-order valence-corrected chi connectivity index (χ1v) is 10.2. The Morgan fingerprint density at radius 1 is 1.10 bits per heavy atom. The molecule has 0 spiro atoms. The first kappa shape index (κ1) is 20.2. The molecule has 0 bridgehead atoms. The van der Waals surface area contributed by atoms with Crippen molar-refractivity contribution in [1.82, 2.24) is 24.8 Å². The van der Waals surface area contributed by atoms with Crippen LogP contribution < -0.4 is 4.90 Å². The third-order valence-electron chi connectivity index (χ3n) is 5.40. The van der Waals surface area contributed by atoms with Crippen molar-refractivity contribution < 1.29 is 14.3 Å².